The molecular formula is C20H20F4N6O2. The molecule has 1 aliphatic rings. The first kappa shape index (κ1) is 21.9. The highest BCUT2D eigenvalue weighted by molar-refractivity contribution is 5.93. The van der Waals surface area contributed by atoms with Crippen LogP contribution in [0, 0.1) is 5.82 Å². The van der Waals surface area contributed by atoms with Gasteiger partial charge in [0.05, 0.1) is 36.4 Å². The number of carbonyl (C=O) groups excluding carboxylic acids is 1. The molecule has 1 amide bonds. The van der Waals surface area contributed by atoms with E-state index in [9.17, 15) is 27.5 Å². The van der Waals surface area contributed by atoms with Crippen molar-refractivity contribution in [1.29, 1.82) is 0 Å². The van der Waals surface area contributed by atoms with Gasteiger partial charge < -0.3 is 14.6 Å². The summed E-state index contributed by atoms with van der Waals surface area (Å²) in [6.07, 6.45) is -2.61. The van der Waals surface area contributed by atoms with E-state index in [-0.39, 0.29) is 24.7 Å². The van der Waals surface area contributed by atoms with Crippen molar-refractivity contribution >= 4 is 5.91 Å². The Morgan fingerprint density at radius 1 is 1.19 bits per heavy atom. The maximum atomic E-state index is 13.3. The van der Waals surface area contributed by atoms with Crippen LogP contribution in [0.3, 0.4) is 0 Å². The van der Waals surface area contributed by atoms with E-state index < -0.39 is 29.5 Å². The molecule has 0 fully saturated rings. The van der Waals surface area contributed by atoms with Gasteiger partial charge in [0.25, 0.3) is 5.91 Å². The predicted molar refractivity (Wildman–Crippen MR) is 104 cm³/mol. The average Bonchev–Trinajstić information content (AvgIpc) is 3.31. The summed E-state index contributed by atoms with van der Waals surface area (Å²) in [5, 5.41) is 14.3. The van der Waals surface area contributed by atoms with Gasteiger partial charge in [0.15, 0.2) is 5.82 Å². The van der Waals surface area contributed by atoms with Crippen molar-refractivity contribution in [2.45, 2.75) is 38.2 Å². The molecule has 1 N–H and O–H groups in total. The first-order valence-corrected chi connectivity index (χ1v) is 9.71. The fraction of sp³-hybridized carbons (Fsp3) is 0.400. The summed E-state index contributed by atoms with van der Waals surface area (Å²) in [5.74, 6) is -1.38. The van der Waals surface area contributed by atoms with Gasteiger partial charge in [0.2, 0.25) is 5.60 Å². The third-order valence-corrected chi connectivity index (χ3v) is 5.52. The Kier molecular flexibility index (Phi) is 5.07. The molecule has 0 bridgehead atoms. The summed E-state index contributed by atoms with van der Waals surface area (Å²) < 4.78 is 55.8. The maximum absolute atomic E-state index is 13.3. The van der Waals surface area contributed by atoms with Gasteiger partial charge in [-0.3, -0.25) is 14.5 Å². The van der Waals surface area contributed by atoms with Gasteiger partial charge in [-0.25, -0.2) is 9.37 Å². The Labute approximate surface area is 180 Å². The Morgan fingerprint density at radius 3 is 2.53 bits per heavy atom. The van der Waals surface area contributed by atoms with Crippen molar-refractivity contribution in [3.8, 4) is 11.4 Å². The molecule has 0 saturated carbocycles. The fourth-order valence-electron chi connectivity index (χ4n) is 3.79. The molecule has 170 valence electrons. The van der Waals surface area contributed by atoms with Gasteiger partial charge in [-0.05, 0) is 32.0 Å². The van der Waals surface area contributed by atoms with Crippen LogP contribution in [0.2, 0.25) is 0 Å². The quantitative estimate of drug-likeness (QED) is 0.618. The Hall–Kier alpha value is -3.28. The normalized spacial score (nSPS) is 18.4. The second kappa shape index (κ2) is 7.40. The molecule has 4 rings (SSSR count). The number of amides is 1. The highest BCUT2D eigenvalue weighted by Gasteiger charge is 2.55. The summed E-state index contributed by atoms with van der Waals surface area (Å²) in [6, 6.07) is 3.65. The number of aromatic nitrogens is 5. The summed E-state index contributed by atoms with van der Waals surface area (Å²) in [7, 11) is 1.58. The largest absolute Gasteiger partial charge is 0.424 e. The maximum Gasteiger partial charge on any atom is 0.424 e. The minimum Gasteiger partial charge on any atom is -0.374 e. The van der Waals surface area contributed by atoms with Crippen LogP contribution in [-0.4, -0.2) is 53.0 Å². The number of aliphatic hydroxyl groups is 1. The average molecular weight is 452 g/mol. The highest BCUT2D eigenvalue weighted by atomic mass is 19.4. The van der Waals surface area contributed by atoms with Crippen LogP contribution < -0.4 is 0 Å². The number of rotatable bonds is 3. The third kappa shape index (κ3) is 3.53. The molecule has 0 aliphatic carbocycles. The van der Waals surface area contributed by atoms with Crippen molar-refractivity contribution in [3.05, 3.63) is 53.6 Å². The number of halogens is 4. The minimum absolute atomic E-state index is 0.0133. The molecule has 3 aromatic heterocycles. The van der Waals surface area contributed by atoms with Gasteiger partial charge in [0, 0.05) is 13.6 Å². The topological polar surface area (TPSA) is 89.1 Å². The molecule has 1 aliphatic heterocycles. The Balaban J connectivity index is 1.62. The van der Waals surface area contributed by atoms with Crippen molar-refractivity contribution in [2.75, 3.05) is 6.54 Å². The first-order chi connectivity index (χ1) is 14.9. The molecule has 4 heterocycles. The van der Waals surface area contributed by atoms with Crippen LogP contribution in [0.1, 0.15) is 41.9 Å². The molecule has 0 radical (unpaired) electrons. The molecule has 8 nitrogen and oxygen atoms in total. The molecule has 12 heteroatoms. The van der Waals surface area contributed by atoms with E-state index >= 15 is 0 Å². The monoisotopic (exact) mass is 452 g/mol. The lowest BCUT2D eigenvalue weighted by molar-refractivity contribution is -0.263. The first-order valence-electron chi connectivity index (χ1n) is 9.71. The Morgan fingerprint density at radius 2 is 1.91 bits per heavy atom. The number of hydrogen-bond donors (Lipinski definition) is 1. The highest BCUT2D eigenvalue weighted by Crippen LogP contribution is 2.40. The number of pyridine rings is 1. The predicted octanol–water partition coefficient (Wildman–Crippen LogP) is 2.80. The van der Waals surface area contributed by atoms with Crippen LogP contribution in [0.25, 0.3) is 11.4 Å². The number of nitrogens with zero attached hydrogens (tertiary/aromatic N) is 6. The second-order valence-corrected chi connectivity index (χ2v) is 7.95. The number of fused-ring (bicyclic) bond motifs is 1. The molecule has 2 atom stereocenters. The van der Waals surface area contributed by atoms with Crippen LogP contribution in [0.15, 0.2) is 30.6 Å². The van der Waals surface area contributed by atoms with E-state index in [0.29, 0.717) is 24.0 Å². The molecule has 0 saturated heterocycles. The van der Waals surface area contributed by atoms with Gasteiger partial charge in [-0.1, -0.05) is 0 Å². The van der Waals surface area contributed by atoms with Crippen molar-refractivity contribution in [3.63, 3.8) is 0 Å². The van der Waals surface area contributed by atoms with E-state index in [2.05, 4.69) is 15.1 Å². The third-order valence-electron chi connectivity index (χ3n) is 5.52. The van der Waals surface area contributed by atoms with E-state index in [4.69, 9.17) is 0 Å². The molecule has 3 aromatic rings. The number of hydrogen-bond acceptors (Lipinski definition) is 5. The smallest absolute Gasteiger partial charge is 0.374 e. The van der Waals surface area contributed by atoms with Crippen LogP contribution in [0.4, 0.5) is 17.6 Å². The zero-order chi connectivity index (χ0) is 23.4. The van der Waals surface area contributed by atoms with Gasteiger partial charge in [-0.2, -0.15) is 18.3 Å². The summed E-state index contributed by atoms with van der Waals surface area (Å²) in [5.41, 5.74) is -1.72. The van der Waals surface area contributed by atoms with E-state index in [1.54, 1.807) is 14.0 Å². The molecular weight excluding hydrogens is 432 g/mol. The molecule has 0 unspecified atom stereocenters. The van der Waals surface area contributed by atoms with Crippen molar-refractivity contribution in [1.82, 2.24) is 29.2 Å². The summed E-state index contributed by atoms with van der Waals surface area (Å²) in [4.78, 5) is 22.4. The lowest BCUT2D eigenvalue weighted by atomic mass is 10.0. The SMILES string of the molecule is C[C@H]1CN(C(=O)c2cc(-c3ccc(F)cn3)nn2C)Cc2cnc([C@@](C)(O)C(F)(F)F)n21. The second-order valence-electron chi connectivity index (χ2n) is 7.95. The Bertz CT molecular complexity index is 1170. The standard InChI is InChI=1S/C20H20F4N6O2/c1-11-9-29(10-13-8-26-18(30(11)13)19(2,32)20(22,23)24)17(31)16-6-15(27-28(16)3)14-5-4-12(21)7-25-14/h4-8,11,32H,9-10H2,1-3H3/t11-,19+/m0/s1. The van der Waals surface area contributed by atoms with Crippen molar-refractivity contribution < 1.29 is 27.5 Å². The number of alkyl halides is 3. The molecule has 0 aromatic carbocycles. The number of imidazole rings is 1. The minimum atomic E-state index is -4.90. The zero-order valence-electron chi connectivity index (χ0n) is 17.4. The van der Waals surface area contributed by atoms with E-state index in [1.807, 2.05) is 0 Å². The van der Waals surface area contributed by atoms with E-state index in [1.165, 1.54) is 38.5 Å². The van der Waals surface area contributed by atoms with Gasteiger partial charge in [0.1, 0.15) is 17.2 Å². The lowest BCUT2D eigenvalue weighted by Gasteiger charge is -2.36. The number of aryl methyl sites for hydroxylation is 1. The van der Waals surface area contributed by atoms with Gasteiger partial charge >= 0.3 is 6.18 Å². The van der Waals surface area contributed by atoms with Crippen molar-refractivity contribution in [2.24, 2.45) is 7.05 Å². The lowest BCUT2D eigenvalue weighted by Crippen LogP contribution is -2.45. The summed E-state index contributed by atoms with van der Waals surface area (Å²) in [6.45, 7) is 2.43. The van der Waals surface area contributed by atoms with Gasteiger partial charge in [-0.15, -0.1) is 0 Å². The van der Waals surface area contributed by atoms with E-state index in [0.717, 1.165) is 6.20 Å². The summed E-state index contributed by atoms with van der Waals surface area (Å²) >= 11 is 0. The molecule has 0 spiro atoms. The fourth-order valence-corrected chi connectivity index (χ4v) is 3.79. The van der Waals surface area contributed by atoms with Crippen LogP contribution in [-0.2, 0) is 19.2 Å². The van der Waals surface area contributed by atoms with Crippen LogP contribution >= 0.6 is 0 Å². The number of carbonyl (C=O) groups is 1. The molecule has 32 heavy (non-hydrogen) atoms. The zero-order valence-corrected chi connectivity index (χ0v) is 17.4. The van der Waals surface area contributed by atoms with Crippen LogP contribution in [0.5, 0.6) is 0 Å².